The van der Waals surface area contributed by atoms with Crippen LogP contribution in [-0.2, 0) is 0 Å². The van der Waals surface area contributed by atoms with E-state index in [9.17, 15) is 0 Å². The Morgan fingerprint density at radius 1 is 0.917 bits per heavy atom. The zero-order valence-corrected chi connectivity index (χ0v) is 8.69. The summed E-state index contributed by atoms with van der Waals surface area (Å²) in [7, 11) is 6.18. The van der Waals surface area contributed by atoms with E-state index < -0.39 is 0 Å². The summed E-state index contributed by atoms with van der Waals surface area (Å²) in [6, 6.07) is 0. The Bertz CT molecular complexity index is 85.8. The Labute approximate surface area is 76.5 Å². The molecule has 74 valence electrons. The van der Waals surface area contributed by atoms with Gasteiger partial charge in [-0.3, -0.25) is 0 Å². The van der Waals surface area contributed by atoms with Crippen LogP contribution in [0.5, 0.6) is 0 Å². The predicted molar refractivity (Wildman–Crippen MR) is 54.6 cm³/mol. The number of hydrogen-bond acceptors (Lipinski definition) is 3. The minimum atomic E-state index is 1.09. The molecule has 0 aliphatic heterocycles. The van der Waals surface area contributed by atoms with E-state index in [0.29, 0.717) is 0 Å². The molecular formula is C9H23N3. The van der Waals surface area contributed by atoms with Crippen LogP contribution in [-0.4, -0.2) is 52.2 Å². The molecule has 2 N–H and O–H groups in total. The first-order chi connectivity index (χ1) is 5.81. The molecule has 0 aromatic heterocycles. The van der Waals surface area contributed by atoms with Gasteiger partial charge in [0.25, 0.3) is 0 Å². The molecule has 0 heterocycles. The molecule has 0 aliphatic carbocycles. The highest BCUT2D eigenvalue weighted by molar-refractivity contribution is 4.53. The highest BCUT2D eigenvalue weighted by Crippen LogP contribution is 1.90. The van der Waals surface area contributed by atoms with Crippen molar-refractivity contribution in [1.29, 1.82) is 0 Å². The summed E-state index contributed by atoms with van der Waals surface area (Å²) < 4.78 is 0. The van der Waals surface area contributed by atoms with Gasteiger partial charge in [0.15, 0.2) is 0 Å². The monoisotopic (exact) mass is 173 g/mol. The van der Waals surface area contributed by atoms with Gasteiger partial charge in [-0.05, 0) is 47.1 Å². The second kappa shape index (κ2) is 8.97. The van der Waals surface area contributed by atoms with E-state index >= 15 is 0 Å². The smallest absolute Gasteiger partial charge is 0.0104 e. The number of hydrogen-bond donors (Lipinski definition) is 2. The molecular weight excluding hydrogens is 150 g/mol. The van der Waals surface area contributed by atoms with Gasteiger partial charge >= 0.3 is 0 Å². The lowest BCUT2D eigenvalue weighted by Crippen LogP contribution is -2.28. The fourth-order valence-electron chi connectivity index (χ4n) is 1.10. The van der Waals surface area contributed by atoms with Gasteiger partial charge in [-0.15, -0.1) is 0 Å². The van der Waals surface area contributed by atoms with Gasteiger partial charge in [0.05, 0.1) is 0 Å². The van der Waals surface area contributed by atoms with E-state index in [1.54, 1.807) is 0 Å². The molecule has 3 nitrogen and oxygen atoms in total. The summed E-state index contributed by atoms with van der Waals surface area (Å²) in [5, 5.41) is 6.30. The Kier molecular flexibility index (Phi) is 8.88. The zero-order chi connectivity index (χ0) is 9.23. The Hall–Kier alpha value is -0.120. The van der Waals surface area contributed by atoms with Gasteiger partial charge in [-0.1, -0.05) is 0 Å². The lowest BCUT2D eigenvalue weighted by Gasteiger charge is -2.15. The van der Waals surface area contributed by atoms with E-state index in [-0.39, 0.29) is 0 Å². The van der Waals surface area contributed by atoms with Gasteiger partial charge in [0.1, 0.15) is 0 Å². The summed E-state index contributed by atoms with van der Waals surface area (Å²) in [5.41, 5.74) is 0. The molecule has 0 saturated heterocycles. The number of unbranched alkanes of at least 4 members (excludes halogenated alkanes) is 1. The van der Waals surface area contributed by atoms with Crippen LogP contribution in [0.4, 0.5) is 0 Å². The summed E-state index contributed by atoms with van der Waals surface area (Å²) in [5.74, 6) is 0. The Morgan fingerprint density at radius 3 is 2.17 bits per heavy atom. The molecule has 3 heteroatoms. The van der Waals surface area contributed by atoms with Crippen molar-refractivity contribution in [2.24, 2.45) is 0 Å². The molecule has 0 fully saturated rings. The third-order valence-corrected chi connectivity index (χ3v) is 1.96. The van der Waals surface area contributed by atoms with Crippen LogP contribution in [0.15, 0.2) is 0 Å². The van der Waals surface area contributed by atoms with E-state index in [2.05, 4.69) is 22.6 Å². The summed E-state index contributed by atoms with van der Waals surface area (Å²) in [4.78, 5) is 2.37. The number of nitrogens with zero attached hydrogens (tertiary/aromatic N) is 1. The van der Waals surface area contributed by atoms with Crippen molar-refractivity contribution in [3.63, 3.8) is 0 Å². The largest absolute Gasteiger partial charge is 0.320 e. The van der Waals surface area contributed by atoms with E-state index in [1.165, 1.54) is 19.4 Å². The van der Waals surface area contributed by atoms with E-state index in [4.69, 9.17) is 0 Å². The summed E-state index contributed by atoms with van der Waals surface area (Å²) in [6.45, 7) is 4.59. The maximum absolute atomic E-state index is 3.15. The van der Waals surface area contributed by atoms with Crippen molar-refractivity contribution < 1.29 is 0 Å². The molecule has 0 aromatic rings. The maximum Gasteiger partial charge on any atom is 0.0104 e. The summed E-state index contributed by atoms with van der Waals surface area (Å²) >= 11 is 0. The quantitative estimate of drug-likeness (QED) is 0.511. The lowest BCUT2D eigenvalue weighted by molar-refractivity contribution is 0.327. The van der Waals surface area contributed by atoms with Gasteiger partial charge < -0.3 is 15.5 Å². The van der Waals surface area contributed by atoms with Crippen LogP contribution in [0.2, 0.25) is 0 Å². The minimum absolute atomic E-state index is 1.09. The number of rotatable bonds is 8. The molecule has 0 aliphatic rings. The van der Waals surface area contributed by atoms with Crippen LogP contribution in [0.25, 0.3) is 0 Å². The topological polar surface area (TPSA) is 27.3 Å². The van der Waals surface area contributed by atoms with Crippen LogP contribution < -0.4 is 10.6 Å². The van der Waals surface area contributed by atoms with Gasteiger partial charge in [0.2, 0.25) is 0 Å². The molecule has 0 radical (unpaired) electrons. The second-order valence-electron chi connectivity index (χ2n) is 3.22. The highest BCUT2D eigenvalue weighted by Gasteiger charge is 1.95. The molecule has 12 heavy (non-hydrogen) atoms. The maximum atomic E-state index is 3.15. The van der Waals surface area contributed by atoms with Crippen molar-refractivity contribution in [1.82, 2.24) is 15.5 Å². The molecule has 0 saturated carbocycles. The highest BCUT2D eigenvalue weighted by atomic mass is 15.1. The van der Waals surface area contributed by atoms with Crippen LogP contribution in [0.3, 0.4) is 0 Å². The molecule has 0 rings (SSSR count). The van der Waals surface area contributed by atoms with Crippen molar-refractivity contribution in [3.8, 4) is 0 Å². The van der Waals surface area contributed by atoms with Crippen LogP contribution in [0.1, 0.15) is 12.8 Å². The average Bonchev–Trinajstić information content (AvgIpc) is 2.09. The van der Waals surface area contributed by atoms with Crippen LogP contribution >= 0.6 is 0 Å². The third-order valence-electron chi connectivity index (χ3n) is 1.96. The first-order valence-corrected chi connectivity index (χ1v) is 4.79. The van der Waals surface area contributed by atoms with Crippen molar-refractivity contribution >= 4 is 0 Å². The normalized spacial score (nSPS) is 11.0. The Morgan fingerprint density at radius 2 is 1.58 bits per heavy atom. The standard InChI is InChI=1S/C9H23N3/c1-10-6-4-5-8-12(3)9-7-11-2/h10-11H,4-9H2,1-3H3. The first-order valence-electron chi connectivity index (χ1n) is 4.79. The molecule has 0 bridgehead atoms. The third kappa shape index (κ3) is 7.98. The fourth-order valence-corrected chi connectivity index (χ4v) is 1.10. The fraction of sp³-hybridized carbons (Fsp3) is 1.00. The SMILES string of the molecule is CNCCCCN(C)CCNC. The minimum Gasteiger partial charge on any atom is -0.320 e. The van der Waals surface area contributed by atoms with E-state index in [0.717, 1.165) is 19.6 Å². The van der Waals surface area contributed by atoms with Gasteiger partial charge in [-0.25, -0.2) is 0 Å². The number of likely N-dealkylation sites (N-methyl/N-ethyl adjacent to an activating group) is 2. The average molecular weight is 173 g/mol. The van der Waals surface area contributed by atoms with Crippen molar-refractivity contribution in [2.45, 2.75) is 12.8 Å². The number of nitrogens with one attached hydrogen (secondary N) is 2. The zero-order valence-electron chi connectivity index (χ0n) is 8.69. The second-order valence-corrected chi connectivity index (χ2v) is 3.22. The molecule has 0 amide bonds. The van der Waals surface area contributed by atoms with E-state index in [1.807, 2.05) is 14.1 Å². The Balaban J connectivity index is 3.02. The van der Waals surface area contributed by atoms with Gasteiger partial charge in [0, 0.05) is 13.1 Å². The summed E-state index contributed by atoms with van der Waals surface area (Å²) in [6.07, 6.45) is 2.57. The first kappa shape index (κ1) is 11.9. The molecule has 0 unspecified atom stereocenters. The predicted octanol–water partition coefficient (Wildman–Crippen LogP) is 0.137. The van der Waals surface area contributed by atoms with Crippen LogP contribution in [0, 0.1) is 0 Å². The molecule has 0 spiro atoms. The molecule has 0 atom stereocenters. The molecule has 0 aromatic carbocycles. The van der Waals surface area contributed by atoms with Crippen molar-refractivity contribution in [2.75, 3.05) is 47.3 Å². The lowest BCUT2D eigenvalue weighted by atomic mass is 10.3. The van der Waals surface area contributed by atoms with Crippen molar-refractivity contribution in [3.05, 3.63) is 0 Å². The van der Waals surface area contributed by atoms with Gasteiger partial charge in [-0.2, -0.15) is 0 Å².